The van der Waals surface area contributed by atoms with E-state index in [1.807, 2.05) is 0 Å². The van der Waals surface area contributed by atoms with Crippen molar-refractivity contribution >= 4 is 29.2 Å². The van der Waals surface area contributed by atoms with Crippen molar-refractivity contribution < 1.29 is 41.7 Å². The molecule has 0 bridgehead atoms. The minimum Gasteiger partial charge on any atom is -0.493 e. The van der Waals surface area contributed by atoms with E-state index in [1.54, 1.807) is 31.2 Å². The Morgan fingerprint density at radius 1 is 1.24 bits per heavy atom. The standard InChI is InChI=1S/C28H34ClF3N4O6/c1-15(41-17(14-33)9-11-23(37)39-3)12-22-26(34)36(27(35)28(30,31)32)20-10-8-16(29)13-19(20)24(42-22)18-6-5-7-21(38-2)25(18)40-4/h5-8,10,13-15,19-20,22,24,34-35H,9,11-12,33H2,1-4H3/b17-14-,34-26?,35-27?/t15?,19?,20?,22-,24-/m1/s1. The molecule has 3 unspecified atom stereocenters. The van der Waals surface area contributed by atoms with Gasteiger partial charge in [0.1, 0.15) is 17.7 Å². The summed E-state index contributed by atoms with van der Waals surface area (Å²) in [6.07, 6.45) is -2.44. The number of nitrogens with one attached hydrogen (secondary N) is 2. The number of fused-ring (bicyclic) bond motifs is 1. The molecule has 1 heterocycles. The molecule has 0 aromatic heterocycles. The first-order chi connectivity index (χ1) is 19.9. The Morgan fingerprint density at radius 3 is 2.55 bits per heavy atom. The molecule has 10 nitrogen and oxygen atoms in total. The molecule has 1 aliphatic heterocycles. The van der Waals surface area contributed by atoms with Crippen molar-refractivity contribution in [1.82, 2.24) is 4.90 Å². The number of nitrogens with two attached hydrogens (primary N) is 1. The van der Waals surface area contributed by atoms with E-state index in [2.05, 4.69) is 4.74 Å². The van der Waals surface area contributed by atoms with Gasteiger partial charge in [-0.05, 0) is 19.1 Å². The summed E-state index contributed by atoms with van der Waals surface area (Å²) in [5, 5.41) is 17.2. The highest BCUT2D eigenvalue weighted by atomic mass is 35.5. The smallest absolute Gasteiger partial charge is 0.449 e. The highest BCUT2D eigenvalue weighted by molar-refractivity contribution is 6.31. The van der Waals surface area contributed by atoms with Crippen LogP contribution in [0.3, 0.4) is 0 Å². The molecule has 0 saturated carbocycles. The first kappa shape index (κ1) is 32.8. The second-order valence-electron chi connectivity index (χ2n) is 9.58. The fourth-order valence-corrected chi connectivity index (χ4v) is 5.15. The normalized spacial score (nSPS) is 23.3. The van der Waals surface area contributed by atoms with E-state index < -0.39 is 54.1 Å². The number of hydrogen-bond donors (Lipinski definition) is 3. The maximum absolute atomic E-state index is 14.0. The van der Waals surface area contributed by atoms with Gasteiger partial charge in [-0.1, -0.05) is 35.9 Å². The molecule has 4 N–H and O–H groups in total. The zero-order valence-electron chi connectivity index (χ0n) is 23.5. The van der Waals surface area contributed by atoms with Crippen LogP contribution in [0.15, 0.2) is 53.4 Å². The number of para-hydroxylation sites is 1. The highest BCUT2D eigenvalue weighted by Gasteiger charge is 2.50. The van der Waals surface area contributed by atoms with Crippen molar-refractivity contribution in [3.8, 4) is 11.5 Å². The number of rotatable bonds is 10. The maximum Gasteiger partial charge on any atom is 0.449 e. The lowest BCUT2D eigenvalue weighted by Gasteiger charge is -2.37. The number of amidine groups is 2. The van der Waals surface area contributed by atoms with Gasteiger partial charge in [0.15, 0.2) is 11.5 Å². The van der Waals surface area contributed by atoms with Crippen LogP contribution in [0.5, 0.6) is 11.5 Å². The van der Waals surface area contributed by atoms with E-state index in [-0.39, 0.29) is 30.1 Å². The Balaban J connectivity index is 2.08. The number of hydrogen-bond acceptors (Lipinski definition) is 9. The van der Waals surface area contributed by atoms with Crippen LogP contribution >= 0.6 is 11.6 Å². The van der Waals surface area contributed by atoms with Gasteiger partial charge in [0.05, 0.1) is 46.0 Å². The number of ether oxygens (including phenoxy) is 5. The Morgan fingerprint density at radius 2 is 1.95 bits per heavy atom. The Kier molecular flexibility index (Phi) is 10.9. The number of methoxy groups -OCH3 is 3. The maximum atomic E-state index is 14.0. The number of benzene rings is 1. The van der Waals surface area contributed by atoms with E-state index in [0.717, 1.165) is 0 Å². The van der Waals surface area contributed by atoms with Gasteiger partial charge >= 0.3 is 12.1 Å². The van der Waals surface area contributed by atoms with Crippen LogP contribution in [0.4, 0.5) is 13.2 Å². The van der Waals surface area contributed by atoms with Gasteiger partial charge in [-0.15, -0.1) is 0 Å². The summed E-state index contributed by atoms with van der Waals surface area (Å²) in [7, 11) is 4.13. The van der Waals surface area contributed by atoms with Crippen LogP contribution in [0.1, 0.15) is 37.9 Å². The molecule has 0 radical (unpaired) electrons. The number of halogens is 4. The molecule has 5 atom stereocenters. The number of carbonyl (C=O) groups is 1. The summed E-state index contributed by atoms with van der Waals surface area (Å²) in [6, 6.07) is 3.90. The van der Waals surface area contributed by atoms with Crippen LogP contribution in [0.2, 0.25) is 0 Å². The van der Waals surface area contributed by atoms with Crippen LogP contribution in [-0.2, 0) is 19.0 Å². The number of carbonyl (C=O) groups excluding carboxylic acids is 1. The lowest BCUT2D eigenvalue weighted by molar-refractivity contribution is -0.140. The Hall–Kier alpha value is -3.71. The largest absolute Gasteiger partial charge is 0.493 e. The van der Waals surface area contributed by atoms with Crippen molar-refractivity contribution in [1.29, 1.82) is 10.8 Å². The first-order valence-electron chi connectivity index (χ1n) is 13.0. The van der Waals surface area contributed by atoms with Crippen molar-refractivity contribution in [2.24, 2.45) is 11.7 Å². The van der Waals surface area contributed by atoms with E-state index in [1.165, 1.54) is 39.7 Å². The molecule has 2 aliphatic rings. The average molecular weight is 615 g/mol. The topological polar surface area (TPSA) is 140 Å². The molecule has 14 heteroatoms. The summed E-state index contributed by atoms with van der Waals surface area (Å²) in [5.74, 6) is -2.73. The zero-order chi connectivity index (χ0) is 31.2. The Labute approximate surface area is 246 Å². The minimum atomic E-state index is -5.06. The molecule has 3 rings (SSSR count). The third-order valence-corrected chi connectivity index (χ3v) is 7.11. The number of nitrogens with zero attached hydrogens (tertiary/aromatic N) is 1. The second kappa shape index (κ2) is 14.0. The summed E-state index contributed by atoms with van der Waals surface area (Å²) in [5.41, 5.74) is 6.12. The van der Waals surface area contributed by atoms with Crippen molar-refractivity contribution in [3.63, 3.8) is 0 Å². The van der Waals surface area contributed by atoms with Crippen molar-refractivity contribution in [2.75, 3.05) is 21.3 Å². The summed E-state index contributed by atoms with van der Waals surface area (Å²) in [6.45, 7) is 1.63. The van der Waals surface area contributed by atoms with Gasteiger partial charge in [-0.2, -0.15) is 13.2 Å². The molecule has 1 saturated heterocycles. The van der Waals surface area contributed by atoms with E-state index >= 15 is 0 Å². The molecule has 1 aliphatic carbocycles. The summed E-state index contributed by atoms with van der Waals surface area (Å²) < 4.78 is 70.0. The van der Waals surface area contributed by atoms with Gasteiger partial charge in [0.2, 0.25) is 5.84 Å². The lowest BCUT2D eigenvalue weighted by Crippen LogP contribution is -2.53. The predicted molar refractivity (Wildman–Crippen MR) is 150 cm³/mol. The van der Waals surface area contributed by atoms with E-state index in [4.69, 9.17) is 47.1 Å². The number of alkyl halides is 3. The average Bonchev–Trinajstić information content (AvgIpc) is 3.07. The second-order valence-corrected chi connectivity index (χ2v) is 10.0. The zero-order valence-corrected chi connectivity index (χ0v) is 24.3. The SMILES string of the molecule is COC(=O)CC/C(=C/N)OC(C)C[C@H]1O[C@H](c2cccc(OC)c2OC)C2C=C(Cl)C=CC2N(C(=N)C(F)(F)F)C1=N. The predicted octanol–water partition coefficient (Wildman–Crippen LogP) is 5.19. The van der Waals surface area contributed by atoms with Gasteiger partial charge in [0.25, 0.3) is 0 Å². The summed E-state index contributed by atoms with van der Waals surface area (Å²) in [4.78, 5) is 12.2. The first-order valence-corrected chi connectivity index (χ1v) is 13.3. The summed E-state index contributed by atoms with van der Waals surface area (Å²) >= 11 is 6.33. The molecular formula is C28H34ClF3N4O6. The molecule has 1 aromatic carbocycles. The fraction of sp³-hybridized carbons (Fsp3) is 0.464. The Bertz CT molecular complexity index is 1270. The van der Waals surface area contributed by atoms with Gasteiger partial charge < -0.3 is 34.3 Å². The number of esters is 1. The van der Waals surface area contributed by atoms with Gasteiger partial charge in [-0.25, -0.2) is 0 Å². The molecule has 0 amide bonds. The van der Waals surface area contributed by atoms with E-state index in [0.29, 0.717) is 22.0 Å². The van der Waals surface area contributed by atoms with Crippen molar-refractivity contribution in [3.05, 3.63) is 59.0 Å². The van der Waals surface area contributed by atoms with Crippen LogP contribution in [0.25, 0.3) is 0 Å². The minimum absolute atomic E-state index is 0.000970. The fourth-order valence-electron chi connectivity index (χ4n) is 4.94. The molecule has 42 heavy (non-hydrogen) atoms. The molecule has 0 spiro atoms. The third-order valence-electron chi connectivity index (χ3n) is 6.86. The lowest BCUT2D eigenvalue weighted by atomic mass is 9.85. The van der Waals surface area contributed by atoms with Crippen LogP contribution in [-0.4, -0.2) is 68.3 Å². The number of allylic oxidation sites excluding steroid dienone is 3. The monoisotopic (exact) mass is 614 g/mol. The molecule has 1 fully saturated rings. The van der Waals surface area contributed by atoms with Gasteiger partial charge in [-0.3, -0.25) is 15.6 Å². The van der Waals surface area contributed by atoms with Crippen molar-refractivity contribution in [2.45, 2.75) is 56.7 Å². The molecule has 1 aromatic rings. The van der Waals surface area contributed by atoms with Crippen LogP contribution < -0.4 is 15.2 Å². The van der Waals surface area contributed by atoms with Crippen LogP contribution in [0, 0.1) is 16.7 Å². The quantitative estimate of drug-likeness (QED) is 0.142. The molecule has 230 valence electrons. The molecular weight excluding hydrogens is 581 g/mol. The highest BCUT2D eigenvalue weighted by Crippen LogP contribution is 2.46. The van der Waals surface area contributed by atoms with Gasteiger partial charge in [0, 0.05) is 35.6 Å². The van der Waals surface area contributed by atoms with E-state index in [9.17, 15) is 18.0 Å². The third kappa shape index (κ3) is 7.37.